The Morgan fingerprint density at radius 1 is 1.38 bits per heavy atom. The van der Waals surface area contributed by atoms with E-state index in [1.54, 1.807) is 24.3 Å². The Morgan fingerprint density at radius 2 is 2.00 bits per heavy atom. The quantitative estimate of drug-likeness (QED) is 0.826. The maximum atomic E-state index is 10.5. The van der Waals surface area contributed by atoms with Crippen LogP contribution in [0.1, 0.15) is 15.9 Å². The van der Waals surface area contributed by atoms with Gasteiger partial charge in [0.1, 0.15) is 0 Å². The average molecular weight is 241 g/mol. The second kappa shape index (κ2) is 4.82. The van der Waals surface area contributed by atoms with Gasteiger partial charge in [-0.25, -0.2) is 4.79 Å². The molecule has 0 saturated carbocycles. The van der Waals surface area contributed by atoms with E-state index in [0.29, 0.717) is 5.56 Å². The molecule has 2 nitrogen and oxygen atoms in total. The van der Waals surface area contributed by atoms with Crippen LogP contribution in [0.2, 0.25) is 0 Å². The second-order valence-corrected chi connectivity index (χ2v) is 3.13. The SMILES string of the molecule is O=C(O)c1ccc(/C=C/CBr)cc1. The summed E-state index contributed by atoms with van der Waals surface area (Å²) in [5.74, 6) is -0.893. The topological polar surface area (TPSA) is 37.3 Å². The van der Waals surface area contributed by atoms with Crippen LogP contribution >= 0.6 is 15.9 Å². The van der Waals surface area contributed by atoms with Crippen LogP contribution in [0.4, 0.5) is 0 Å². The van der Waals surface area contributed by atoms with Gasteiger partial charge in [-0.05, 0) is 17.7 Å². The van der Waals surface area contributed by atoms with Crippen molar-refractivity contribution in [3.63, 3.8) is 0 Å². The molecule has 0 aliphatic heterocycles. The van der Waals surface area contributed by atoms with Gasteiger partial charge in [0, 0.05) is 5.33 Å². The molecule has 0 unspecified atom stereocenters. The molecule has 1 aromatic carbocycles. The molecule has 3 heteroatoms. The number of benzene rings is 1. The lowest BCUT2D eigenvalue weighted by Gasteiger charge is -1.94. The lowest BCUT2D eigenvalue weighted by Crippen LogP contribution is -1.94. The Bertz CT molecular complexity index is 314. The van der Waals surface area contributed by atoms with Crippen LogP contribution in [0.25, 0.3) is 6.08 Å². The van der Waals surface area contributed by atoms with Gasteiger partial charge in [-0.1, -0.05) is 40.2 Å². The molecule has 0 aliphatic rings. The number of halogens is 1. The van der Waals surface area contributed by atoms with Gasteiger partial charge in [0.05, 0.1) is 5.56 Å². The maximum absolute atomic E-state index is 10.5. The zero-order valence-corrected chi connectivity index (χ0v) is 8.49. The van der Waals surface area contributed by atoms with E-state index in [-0.39, 0.29) is 0 Å². The highest BCUT2D eigenvalue weighted by molar-refractivity contribution is 9.09. The summed E-state index contributed by atoms with van der Waals surface area (Å²) in [6, 6.07) is 6.75. The predicted molar refractivity (Wildman–Crippen MR) is 56.2 cm³/mol. The fraction of sp³-hybridized carbons (Fsp3) is 0.100. The third-order valence-corrected chi connectivity index (χ3v) is 1.93. The van der Waals surface area contributed by atoms with Crippen molar-refractivity contribution in [1.29, 1.82) is 0 Å². The number of carboxylic acids is 1. The lowest BCUT2D eigenvalue weighted by molar-refractivity contribution is 0.0697. The molecule has 0 radical (unpaired) electrons. The second-order valence-electron chi connectivity index (χ2n) is 2.48. The summed E-state index contributed by atoms with van der Waals surface area (Å²) < 4.78 is 0. The Labute approximate surface area is 85.0 Å². The molecule has 68 valence electrons. The van der Waals surface area contributed by atoms with E-state index < -0.39 is 5.97 Å². The zero-order valence-electron chi connectivity index (χ0n) is 6.90. The van der Waals surface area contributed by atoms with Crippen LogP contribution < -0.4 is 0 Å². The van der Waals surface area contributed by atoms with Gasteiger partial charge in [0.2, 0.25) is 0 Å². The minimum absolute atomic E-state index is 0.316. The first-order valence-corrected chi connectivity index (χ1v) is 4.92. The smallest absolute Gasteiger partial charge is 0.335 e. The zero-order chi connectivity index (χ0) is 9.68. The van der Waals surface area contributed by atoms with Crippen molar-refractivity contribution in [3.8, 4) is 0 Å². The van der Waals surface area contributed by atoms with E-state index in [1.807, 2.05) is 12.2 Å². The first-order valence-electron chi connectivity index (χ1n) is 3.80. The number of carboxylic acid groups (broad SMARTS) is 1. The first-order chi connectivity index (χ1) is 6.24. The van der Waals surface area contributed by atoms with Crippen molar-refractivity contribution in [2.45, 2.75) is 0 Å². The molecule has 0 aliphatic carbocycles. The van der Waals surface area contributed by atoms with E-state index >= 15 is 0 Å². The number of hydrogen-bond acceptors (Lipinski definition) is 1. The van der Waals surface area contributed by atoms with Gasteiger partial charge in [-0.3, -0.25) is 0 Å². The highest BCUT2D eigenvalue weighted by Crippen LogP contribution is 2.06. The number of alkyl halides is 1. The van der Waals surface area contributed by atoms with Crippen LogP contribution in [0.3, 0.4) is 0 Å². The molecule has 0 amide bonds. The molecule has 1 aromatic rings. The molecular weight excluding hydrogens is 232 g/mol. The van der Waals surface area contributed by atoms with Crippen molar-refractivity contribution in [1.82, 2.24) is 0 Å². The van der Waals surface area contributed by atoms with E-state index in [4.69, 9.17) is 5.11 Å². The molecule has 13 heavy (non-hydrogen) atoms. The summed E-state index contributed by atoms with van der Waals surface area (Å²) >= 11 is 3.26. The van der Waals surface area contributed by atoms with Crippen molar-refractivity contribution < 1.29 is 9.90 Å². The predicted octanol–water partition coefficient (Wildman–Crippen LogP) is 2.79. The minimum Gasteiger partial charge on any atom is -0.478 e. The van der Waals surface area contributed by atoms with Gasteiger partial charge in [-0.15, -0.1) is 0 Å². The van der Waals surface area contributed by atoms with E-state index in [0.717, 1.165) is 10.9 Å². The van der Waals surface area contributed by atoms with E-state index in [2.05, 4.69) is 15.9 Å². The summed E-state index contributed by atoms with van der Waals surface area (Å²) in [4.78, 5) is 10.5. The summed E-state index contributed by atoms with van der Waals surface area (Å²) in [5.41, 5.74) is 1.32. The van der Waals surface area contributed by atoms with Gasteiger partial charge in [-0.2, -0.15) is 0 Å². The molecule has 1 N–H and O–H groups in total. The van der Waals surface area contributed by atoms with Gasteiger partial charge in [0.15, 0.2) is 0 Å². The third-order valence-electron chi connectivity index (χ3n) is 1.56. The average Bonchev–Trinajstić information content (AvgIpc) is 2.15. The highest BCUT2D eigenvalue weighted by Gasteiger charge is 1.99. The van der Waals surface area contributed by atoms with Gasteiger partial charge < -0.3 is 5.11 Å². The van der Waals surface area contributed by atoms with Crippen molar-refractivity contribution >= 4 is 28.0 Å². The van der Waals surface area contributed by atoms with Crippen molar-refractivity contribution in [2.75, 3.05) is 5.33 Å². The van der Waals surface area contributed by atoms with Crippen LogP contribution in [0.15, 0.2) is 30.3 Å². The normalized spacial score (nSPS) is 10.5. The Hall–Kier alpha value is -1.09. The van der Waals surface area contributed by atoms with Crippen LogP contribution in [0, 0.1) is 0 Å². The molecular formula is C10H9BrO2. The Kier molecular flexibility index (Phi) is 3.71. The summed E-state index contributed by atoms with van der Waals surface area (Å²) in [6.45, 7) is 0. The monoisotopic (exact) mass is 240 g/mol. The van der Waals surface area contributed by atoms with E-state index in [1.165, 1.54) is 0 Å². The number of rotatable bonds is 3. The first kappa shape index (κ1) is 9.99. The molecule has 0 spiro atoms. The summed E-state index contributed by atoms with van der Waals surface area (Å²) in [5, 5.41) is 9.43. The number of allylic oxidation sites excluding steroid dienone is 1. The van der Waals surface area contributed by atoms with Crippen LogP contribution in [0.5, 0.6) is 0 Å². The number of hydrogen-bond donors (Lipinski definition) is 1. The molecule has 1 rings (SSSR count). The Morgan fingerprint density at radius 3 is 2.46 bits per heavy atom. The molecule has 0 atom stereocenters. The standard InChI is InChI=1S/C10H9BrO2/c11-7-1-2-8-3-5-9(6-4-8)10(12)13/h1-6H,7H2,(H,12,13)/b2-1+. The summed E-state index contributed by atoms with van der Waals surface area (Å²) in [7, 11) is 0. The van der Waals surface area contributed by atoms with Crippen molar-refractivity contribution in [3.05, 3.63) is 41.5 Å². The largest absolute Gasteiger partial charge is 0.478 e. The van der Waals surface area contributed by atoms with Crippen LogP contribution in [-0.4, -0.2) is 16.4 Å². The van der Waals surface area contributed by atoms with Crippen LogP contribution in [-0.2, 0) is 0 Å². The van der Waals surface area contributed by atoms with Gasteiger partial charge >= 0.3 is 5.97 Å². The molecule has 0 bridgehead atoms. The number of carbonyl (C=O) groups is 1. The molecule has 0 fully saturated rings. The maximum Gasteiger partial charge on any atom is 0.335 e. The summed E-state index contributed by atoms with van der Waals surface area (Å²) in [6.07, 6.45) is 3.89. The number of aromatic carboxylic acids is 1. The molecule has 0 heterocycles. The fourth-order valence-electron chi connectivity index (χ4n) is 0.917. The molecule has 0 saturated heterocycles. The fourth-order valence-corrected chi connectivity index (χ4v) is 1.10. The third kappa shape index (κ3) is 3.03. The Balaban J connectivity index is 2.81. The van der Waals surface area contributed by atoms with Gasteiger partial charge in [0.25, 0.3) is 0 Å². The minimum atomic E-state index is -0.893. The van der Waals surface area contributed by atoms with E-state index in [9.17, 15) is 4.79 Å². The lowest BCUT2D eigenvalue weighted by atomic mass is 10.1. The molecule has 0 aromatic heterocycles. The van der Waals surface area contributed by atoms with Crippen molar-refractivity contribution in [2.24, 2.45) is 0 Å². The highest BCUT2D eigenvalue weighted by atomic mass is 79.9.